The molecule has 12 nitrogen and oxygen atoms in total. The average molecular weight is 715 g/mol. The van der Waals surface area contributed by atoms with E-state index in [9.17, 15) is 19.5 Å². The van der Waals surface area contributed by atoms with Crippen molar-refractivity contribution in [2.45, 2.75) is 82.9 Å². The summed E-state index contributed by atoms with van der Waals surface area (Å²) in [6.07, 6.45) is 6.31. The van der Waals surface area contributed by atoms with Crippen LogP contribution in [0.5, 0.6) is 0 Å². The molecule has 0 saturated heterocycles. The Labute approximate surface area is 304 Å². The molecule has 7 N–H and O–H groups in total. The van der Waals surface area contributed by atoms with Gasteiger partial charge in [0.25, 0.3) is 5.91 Å². The Hall–Kier alpha value is -4.65. The second-order valence-corrected chi connectivity index (χ2v) is 13.7. The van der Waals surface area contributed by atoms with Gasteiger partial charge in [-0.3, -0.25) is 14.4 Å². The van der Waals surface area contributed by atoms with Gasteiger partial charge in [-0.25, -0.2) is 0 Å². The molecule has 2 fully saturated rings. The molecule has 0 bridgehead atoms. The lowest BCUT2D eigenvalue weighted by atomic mass is 9.81. The molecule has 3 amide bonds. The number of aromatic nitrogens is 4. The third kappa shape index (κ3) is 9.78. The number of rotatable bonds is 11. The highest BCUT2D eigenvalue weighted by Crippen LogP contribution is 2.29. The Morgan fingerprint density at radius 2 is 1.59 bits per heavy atom. The van der Waals surface area contributed by atoms with Gasteiger partial charge in [0, 0.05) is 35.2 Å². The second-order valence-electron chi connectivity index (χ2n) is 13.7. The summed E-state index contributed by atoms with van der Waals surface area (Å²) in [4.78, 5) is 40.3. The van der Waals surface area contributed by atoms with Gasteiger partial charge in [0.2, 0.25) is 17.6 Å². The first-order chi connectivity index (χ1) is 24.2. The lowest BCUT2D eigenvalue weighted by Crippen LogP contribution is -2.48. The molecule has 1 aromatic heterocycles. The maximum Gasteiger partial charge on any atom is 0.251 e. The predicted octanol–water partition coefficient (Wildman–Crippen LogP) is 4.73. The van der Waals surface area contributed by atoms with Crippen molar-refractivity contribution in [2.24, 2.45) is 17.6 Å². The Morgan fingerprint density at radius 3 is 2.24 bits per heavy atom. The van der Waals surface area contributed by atoms with Crippen LogP contribution in [-0.4, -0.2) is 68.2 Å². The molecular weight excluding hydrogens is 668 g/mol. The van der Waals surface area contributed by atoms with Crippen LogP contribution >= 0.6 is 12.4 Å². The number of H-pyrrole nitrogens is 1. The van der Waals surface area contributed by atoms with E-state index in [0.29, 0.717) is 48.8 Å². The molecule has 51 heavy (non-hydrogen) atoms. The zero-order valence-corrected chi connectivity index (χ0v) is 29.6. The van der Waals surface area contributed by atoms with Crippen LogP contribution < -0.4 is 21.7 Å². The number of benzene rings is 3. The monoisotopic (exact) mass is 714 g/mol. The molecule has 270 valence electrons. The molecule has 3 aromatic carbocycles. The summed E-state index contributed by atoms with van der Waals surface area (Å²) in [5.74, 6) is 0.202. The van der Waals surface area contributed by atoms with Gasteiger partial charge >= 0.3 is 0 Å². The minimum absolute atomic E-state index is 0. The molecule has 0 spiro atoms. The van der Waals surface area contributed by atoms with Gasteiger partial charge in [0.05, 0.1) is 6.10 Å². The fourth-order valence-electron chi connectivity index (χ4n) is 6.99. The van der Waals surface area contributed by atoms with Crippen molar-refractivity contribution in [1.29, 1.82) is 0 Å². The number of nitrogens with one attached hydrogen (secondary N) is 4. The van der Waals surface area contributed by atoms with E-state index in [-0.39, 0.29) is 48.2 Å². The van der Waals surface area contributed by atoms with Gasteiger partial charge in [0.1, 0.15) is 6.04 Å². The molecule has 4 aromatic rings. The van der Waals surface area contributed by atoms with Crippen LogP contribution in [0, 0.1) is 18.8 Å². The fraction of sp³-hybridized carbons (Fsp3) is 0.421. The molecule has 2 saturated carbocycles. The zero-order chi connectivity index (χ0) is 35.0. The summed E-state index contributed by atoms with van der Waals surface area (Å²) in [6.45, 7) is 2.64. The van der Waals surface area contributed by atoms with Crippen LogP contribution in [-0.2, 0) is 16.0 Å². The van der Waals surface area contributed by atoms with Crippen LogP contribution in [0.15, 0.2) is 66.7 Å². The Morgan fingerprint density at radius 1 is 0.902 bits per heavy atom. The van der Waals surface area contributed by atoms with Crippen molar-refractivity contribution in [3.63, 3.8) is 0 Å². The van der Waals surface area contributed by atoms with Crippen molar-refractivity contribution in [3.8, 4) is 22.5 Å². The number of aliphatic hydroxyl groups is 1. The van der Waals surface area contributed by atoms with E-state index in [4.69, 9.17) is 5.73 Å². The van der Waals surface area contributed by atoms with Gasteiger partial charge in [-0.1, -0.05) is 30.3 Å². The molecule has 0 aliphatic heterocycles. The van der Waals surface area contributed by atoms with E-state index < -0.39 is 6.04 Å². The first-order valence-electron chi connectivity index (χ1n) is 17.6. The van der Waals surface area contributed by atoms with Gasteiger partial charge in [-0.05, 0) is 135 Å². The van der Waals surface area contributed by atoms with Gasteiger partial charge in [-0.15, -0.1) is 22.6 Å². The number of halogens is 1. The number of aromatic amines is 1. The SMILES string of the molecule is Cc1ccc(C(=O)NC2CCC(O)CC2)cc1-c1ccc(C[C@H](NC(=O)C2CCC(CN)CC2)C(=O)Nc2ccc(-c3nn[nH]n3)cc2)cc1.Cl. The number of nitrogens with two attached hydrogens (primary N) is 1. The molecule has 1 heterocycles. The van der Waals surface area contributed by atoms with Crippen molar-refractivity contribution >= 4 is 35.8 Å². The Kier molecular flexibility index (Phi) is 12.9. The fourth-order valence-corrected chi connectivity index (χ4v) is 6.99. The maximum atomic E-state index is 13.7. The average Bonchev–Trinajstić information content (AvgIpc) is 3.68. The molecule has 13 heteroatoms. The van der Waals surface area contributed by atoms with E-state index in [1.54, 1.807) is 24.3 Å². The number of nitrogens with zero attached hydrogens (tertiary/aromatic N) is 3. The van der Waals surface area contributed by atoms with Crippen LogP contribution in [0.2, 0.25) is 0 Å². The highest BCUT2D eigenvalue weighted by atomic mass is 35.5. The molecular formula is C38H47ClN8O4. The summed E-state index contributed by atoms with van der Waals surface area (Å²) in [5, 5.41) is 33.0. The number of hydrogen-bond acceptors (Lipinski definition) is 8. The Bertz CT molecular complexity index is 1750. The number of aryl methyl sites for hydroxylation is 1. The van der Waals surface area contributed by atoms with E-state index in [2.05, 4.69) is 36.6 Å². The number of carbonyl (C=O) groups is 3. The predicted molar refractivity (Wildman–Crippen MR) is 198 cm³/mol. The molecule has 1 atom stereocenters. The summed E-state index contributed by atoms with van der Waals surface area (Å²) >= 11 is 0. The summed E-state index contributed by atoms with van der Waals surface area (Å²) in [5.41, 5.74) is 11.6. The van der Waals surface area contributed by atoms with Gasteiger partial charge < -0.3 is 26.8 Å². The molecule has 6 rings (SSSR count). The zero-order valence-electron chi connectivity index (χ0n) is 28.8. The summed E-state index contributed by atoms with van der Waals surface area (Å²) in [7, 11) is 0. The normalized spacial score (nSPS) is 20.8. The van der Waals surface area contributed by atoms with E-state index in [1.165, 1.54) is 0 Å². The number of carbonyl (C=O) groups excluding carboxylic acids is 3. The number of tetrazole rings is 1. The Balaban J connectivity index is 0.00000504. The van der Waals surface area contributed by atoms with Crippen molar-refractivity contribution in [2.75, 3.05) is 11.9 Å². The van der Waals surface area contributed by atoms with E-state index in [0.717, 1.165) is 66.3 Å². The molecule has 2 aliphatic carbocycles. The number of hydrogen-bond donors (Lipinski definition) is 6. The highest BCUT2D eigenvalue weighted by molar-refractivity contribution is 5.98. The van der Waals surface area contributed by atoms with Crippen LogP contribution in [0.4, 0.5) is 5.69 Å². The lowest BCUT2D eigenvalue weighted by Gasteiger charge is -2.28. The minimum Gasteiger partial charge on any atom is -0.393 e. The standard InChI is InChI=1S/C38H46N8O4.ClH/c1-23-2-7-29(37(49)40-31-16-18-32(47)19-17-31)21-33(23)26-8-3-24(4-9-26)20-34(42-36(48)28-10-5-25(22-39)6-11-28)38(50)41-30-14-12-27(13-15-30)35-43-45-46-44-35;/h2-4,7-9,12-15,21,25,28,31-32,34,47H,5-6,10-11,16-20,22,39H2,1H3,(H,40,49)(H,41,50)(H,42,48)(H,43,44,45,46);1H/t25?,28?,31?,32?,34-;/m0./s1. The smallest absolute Gasteiger partial charge is 0.251 e. The number of amides is 3. The summed E-state index contributed by atoms with van der Waals surface area (Å²) < 4.78 is 0. The molecule has 0 radical (unpaired) electrons. The van der Waals surface area contributed by atoms with Crippen LogP contribution in [0.1, 0.15) is 72.9 Å². The van der Waals surface area contributed by atoms with Gasteiger partial charge in [0.15, 0.2) is 0 Å². The third-order valence-electron chi connectivity index (χ3n) is 10.2. The number of anilines is 1. The summed E-state index contributed by atoms with van der Waals surface area (Å²) in [6, 6.07) is 20.0. The lowest BCUT2D eigenvalue weighted by molar-refractivity contribution is -0.130. The van der Waals surface area contributed by atoms with E-state index in [1.807, 2.05) is 49.4 Å². The van der Waals surface area contributed by atoms with Crippen molar-refractivity contribution in [1.82, 2.24) is 31.3 Å². The van der Waals surface area contributed by atoms with Crippen molar-refractivity contribution in [3.05, 3.63) is 83.4 Å². The van der Waals surface area contributed by atoms with Gasteiger partial charge in [-0.2, -0.15) is 5.21 Å². The maximum absolute atomic E-state index is 13.7. The quantitative estimate of drug-likeness (QED) is 0.129. The largest absolute Gasteiger partial charge is 0.393 e. The first kappa shape index (κ1) is 37.6. The van der Waals surface area contributed by atoms with Crippen LogP contribution in [0.25, 0.3) is 22.5 Å². The van der Waals surface area contributed by atoms with E-state index >= 15 is 0 Å². The topological polar surface area (TPSA) is 188 Å². The number of aliphatic hydroxyl groups excluding tert-OH is 1. The first-order valence-corrected chi connectivity index (χ1v) is 17.6. The van der Waals surface area contributed by atoms with Crippen LogP contribution in [0.3, 0.4) is 0 Å². The molecule has 0 unspecified atom stereocenters. The molecule has 2 aliphatic rings. The minimum atomic E-state index is -0.799. The third-order valence-corrected chi connectivity index (χ3v) is 10.2. The second kappa shape index (κ2) is 17.5. The highest BCUT2D eigenvalue weighted by Gasteiger charge is 2.29. The van der Waals surface area contributed by atoms with Crippen molar-refractivity contribution < 1.29 is 19.5 Å².